The van der Waals surface area contributed by atoms with Crippen LogP contribution in [0.25, 0.3) is 0 Å². The zero-order valence-electron chi connectivity index (χ0n) is 13.6. The summed E-state index contributed by atoms with van der Waals surface area (Å²) in [6, 6.07) is 6.16. The Morgan fingerprint density at radius 3 is 2.23 bits per heavy atom. The number of methoxy groups -OCH3 is 1. The topological polar surface area (TPSA) is 67.4 Å². The van der Waals surface area contributed by atoms with Crippen molar-refractivity contribution in [2.45, 2.75) is 38.8 Å². The van der Waals surface area contributed by atoms with E-state index >= 15 is 0 Å². The summed E-state index contributed by atoms with van der Waals surface area (Å²) in [4.78, 5) is 23.6. The predicted molar refractivity (Wildman–Crippen MR) is 81.7 cm³/mol. The van der Waals surface area contributed by atoms with Crippen molar-refractivity contribution in [1.82, 2.24) is 10.6 Å². The molecule has 1 rings (SSSR count). The summed E-state index contributed by atoms with van der Waals surface area (Å²) in [7, 11) is 1.42. The van der Waals surface area contributed by atoms with Crippen molar-refractivity contribution >= 4 is 11.8 Å². The van der Waals surface area contributed by atoms with Crippen molar-refractivity contribution in [3.05, 3.63) is 35.6 Å². The molecular weight excluding hydrogens is 287 g/mol. The molecule has 0 saturated carbocycles. The number of nitrogens with one attached hydrogen (secondary N) is 2. The first-order chi connectivity index (χ1) is 10.1. The third kappa shape index (κ3) is 4.80. The lowest BCUT2D eigenvalue weighted by atomic mass is 9.95. The number of ether oxygens (including phenoxy) is 1. The van der Waals surface area contributed by atoms with E-state index in [0.29, 0.717) is 5.56 Å². The number of hydrogen-bond acceptors (Lipinski definition) is 3. The van der Waals surface area contributed by atoms with Gasteiger partial charge in [0.05, 0.1) is 6.54 Å². The van der Waals surface area contributed by atoms with Crippen LogP contribution in [0.1, 0.15) is 33.3 Å². The van der Waals surface area contributed by atoms with Gasteiger partial charge in [0.2, 0.25) is 0 Å². The summed E-state index contributed by atoms with van der Waals surface area (Å²) in [6.07, 6.45) is 0. The van der Waals surface area contributed by atoms with Crippen molar-refractivity contribution in [2.75, 3.05) is 13.7 Å². The van der Waals surface area contributed by atoms with Crippen LogP contribution in [-0.2, 0) is 19.9 Å². The number of carbonyl (C=O) groups is 2. The number of rotatable bonds is 4. The predicted octanol–water partition coefficient (Wildman–Crippen LogP) is 1.72. The van der Waals surface area contributed by atoms with E-state index in [4.69, 9.17) is 4.74 Å². The van der Waals surface area contributed by atoms with Crippen LogP contribution in [0.2, 0.25) is 0 Å². The monoisotopic (exact) mass is 310 g/mol. The molecule has 2 amide bonds. The van der Waals surface area contributed by atoms with E-state index in [1.807, 2.05) is 0 Å². The number of halogens is 1. The van der Waals surface area contributed by atoms with Gasteiger partial charge >= 0.3 is 11.8 Å². The smallest absolute Gasteiger partial charge is 0.309 e. The maximum Gasteiger partial charge on any atom is 0.309 e. The van der Waals surface area contributed by atoms with E-state index in [-0.39, 0.29) is 6.54 Å². The van der Waals surface area contributed by atoms with Gasteiger partial charge in [-0.2, -0.15) is 0 Å². The summed E-state index contributed by atoms with van der Waals surface area (Å²) in [5, 5.41) is 5.04. The molecule has 22 heavy (non-hydrogen) atoms. The summed E-state index contributed by atoms with van der Waals surface area (Å²) in [5.74, 6) is -1.95. The van der Waals surface area contributed by atoms with Crippen LogP contribution in [0.5, 0.6) is 0 Å². The van der Waals surface area contributed by atoms with E-state index in [1.54, 1.807) is 45.9 Å². The normalized spacial score (nSPS) is 14.1. The molecule has 2 N–H and O–H groups in total. The summed E-state index contributed by atoms with van der Waals surface area (Å²) in [5.41, 5.74) is -1.26. The standard InChI is InChI=1S/C16H23FN2O3/c1-15(2,3)19-14(21)13(20)18-10-16(4,22-5)11-8-6-7-9-12(11)17/h6-9H,10H2,1-5H3,(H,18,20)(H,19,21). The summed E-state index contributed by atoms with van der Waals surface area (Å²) < 4.78 is 19.3. The fourth-order valence-corrected chi connectivity index (χ4v) is 1.89. The Balaban J connectivity index is 2.77. The lowest BCUT2D eigenvalue weighted by molar-refractivity contribution is -0.140. The van der Waals surface area contributed by atoms with E-state index in [0.717, 1.165) is 0 Å². The highest BCUT2D eigenvalue weighted by molar-refractivity contribution is 6.35. The molecule has 1 aromatic carbocycles. The second-order valence-electron chi connectivity index (χ2n) is 6.30. The molecule has 0 saturated heterocycles. The van der Waals surface area contributed by atoms with E-state index < -0.39 is 28.8 Å². The molecule has 5 nitrogen and oxygen atoms in total. The molecule has 0 heterocycles. The molecular formula is C16H23FN2O3. The highest BCUT2D eigenvalue weighted by atomic mass is 19.1. The SMILES string of the molecule is COC(C)(CNC(=O)C(=O)NC(C)(C)C)c1ccccc1F. The molecule has 0 aliphatic carbocycles. The Morgan fingerprint density at radius 1 is 1.14 bits per heavy atom. The zero-order chi connectivity index (χ0) is 17.0. The molecule has 0 spiro atoms. The molecule has 0 radical (unpaired) electrons. The van der Waals surface area contributed by atoms with Gasteiger partial charge in [0.1, 0.15) is 11.4 Å². The van der Waals surface area contributed by atoms with Gasteiger partial charge in [0.15, 0.2) is 0 Å². The van der Waals surface area contributed by atoms with Gasteiger partial charge in [-0.3, -0.25) is 9.59 Å². The minimum absolute atomic E-state index is 0.0270. The molecule has 0 aromatic heterocycles. The fourth-order valence-electron chi connectivity index (χ4n) is 1.89. The highest BCUT2D eigenvalue weighted by Crippen LogP contribution is 2.26. The molecule has 0 fully saturated rings. The number of amides is 2. The quantitative estimate of drug-likeness (QED) is 0.832. The largest absolute Gasteiger partial charge is 0.372 e. The van der Waals surface area contributed by atoms with E-state index in [2.05, 4.69) is 10.6 Å². The van der Waals surface area contributed by atoms with Crippen LogP contribution in [0.3, 0.4) is 0 Å². The third-order valence-electron chi connectivity index (χ3n) is 3.18. The maximum absolute atomic E-state index is 13.9. The van der Waals surface area contributed by atoms with Crippen molar-refractivity contribution in [3.63, 3.8) is 0 Å². The van der Waals surface area contributed by atoms with Crippen LogP contribution in [0.4, 0.5) is 4.39 Å². The van der Waals surface area contributed by atoms with Crippen LogP contribution in [0.15, 0.2) is 24.3 Å². The van der Waals surface area contributed by atoms with Gasteiger partial charge in [-0.25, -0.2) is 4.39 Å². The van der Waals surface area contributed by atoms with Gasteiger partial charge in [0, 0.05) is 18.2 Å². The first-order valence-electron chi connectivity index (χ1n) is 6.99. The van der Waals surface area contributed by atoms with Gasteiger partial charge < -0.3 is 15.4 Å². The average Bonchev–Trinajstić information content (AvgIpc) is 2.43. The molecule has 0 aliphatic heterocycles. The minimum Gasteiger partial charge on any atom is -0.372 e. The minimum atomic E-state index is -1.07. The zero-order valence-corrected chi connectivity index (χ0v) is 13.6. The lowest BCUT2D eigenvalue weighted by Gasteiger charge is -2.29. The van der Waals surface area contributed by atoms with Crippen LogP contribution in [0, 0.1) is 5.82 Å². The van der Waals surface area contributed by atoms with Gasteiger partial charge in [0.25, 0.3) is 0 Å². The maximum atomic E-state index is 13.9. The van der Waals surface area contributed by atoms with Crippen molar-refractivity contribution in [2.24, 2.45) is 0 Å². The Bertz CT molecular complexity index is 555. The molecule has 1 aromatic rings. The van der Waals surface area contributed by atoms with E-state index in [9.17, 15) is 14.0 Å². The van der Waals surface area contributed by atoms with Crippen molar-refractivity contribution in [3.8, 4) is 0 Å². The van der Waals surface area contributed by atoms with Gasteiger partial charge in [-0.15, -0.1) is 0 Å². The molecule has 1 unspecified atom stereocenters. The molecule has 0 bridgehead atoms. The second kappa shape index (κ2) is 6.87. The Kier molecular flexibility index (Phi) is 5.65. The Morgan fingerprint density at radius 2 is 1.73 bits per heavy atom. The Labute approximate surface area is 130 Å². The van der Waals surface area contributed by atoms with Crippen LogP contribution >= 0.6 is 0 Å². The number of hydrogen-bond donors (Lipinski definition) is 2. The van der Waals surface area contributed by atoms with Gasteiger partial charge in [-0.05, 0) is 33.8 Å². The van der Waals surface area contributed by atoms with Crippen LogP contribution in [-0.4, -0.2) is 31.0 Å². The average molecular weight is 310 g/mol. The Hall–Kier alpha value is -1.95. The number of carbonyl (C=O) groups excluding carboxylic acids is 2. The van der Waals surface area contributed by atoms with E-state index in [1.165, 1.54) is 13.2 Å². The molecule has 1 atom stereocenters. The lowest BCUT2D eigenvalue weighted by Crippen LogP contribution is -2.50. The first-order valence-corrected chi connectivity index (χ1v) is 6.99. The molecule has 122 valence electrons. The van der Waals surface area contributed by atoms with Crippen molar-refractivity contribution in [1.29, 1.82) is 0 Å². The third-order valence-corrected chi connectivity index (χ3v) is 3.18. The highest BCUT2D eigenvalue weighted by Gasteiger charge is 2.31. The number of benzene rings is 1. The summed E-state index contributed by atoms with van der Waals surface area (Å²) in [6.45, 7) is 6.94. The summed E-state index contributed by atoms with van der Waals surface area (Å²) >= 11 is 0. The fraction of sp³-hybridized carbons (Fsp3) is 0.500. The second-order valence-corrected chi connectivity index (χ2v) is 6.30. The molecule has 6 heteroatoms. The van der Waals surface area contributed by atoms with Crippen LogP contribution < -0.4 is 10.6 Å². The molecule has 0 aliphatic rings. The van der Waals surface area contributed by atoms with Crippen molar-refractivity contribution < 1.29 is 18.7 Å². The van der Waals surface area contributed by atoms with Gasteiger partial charge in [-0.1, -0.05) is 18.2 Å². The first kappa shape index (κ1) is 18.1.